The molecule has 4 atom stereocenters. The van der Waals surface area contributed by atoms with Gasteiger partial charge in [0.05, 0.1) is 0 Å². The van der Waals surface area contributed by atoms with Crippen molar-refractivity contribution in [1.82, 2.24) is 0 Å². The third kappa shape index (κ3) is 3.69. The van der Waals surface area contributed by atoms with Gasteiger partial charge in [0, 0.05) is 32.1 Å². The predicted molar refractivity (Wildman–Crippen MR) is 180 cm³/mol. The maximum atomic E-state index is 2.63. The SMILES string of the molecule is CC/C=C\c1cc(C2=CC3c4ccc5c6c4=C(CCC=6C4SC(c6ccc7c(c6)CCCC7)=CC54)C3S2)ccc1C. The zero-order valence-electron chi connectivity index (χ0n) is 24.0. The standard InChI is InChI=1S/C39H36S2/c1-3-4-7-24-18-26(11-10-22(24)2)34-20-32-28-14-15-29-33-21-35(27-13-12-23-8-5-6-9-25(23)19-27)41-39(33)31-17-16-30(38(32)40-34)36(28)37(29)31/h4,7,10-15,18-21,32-33,38-39H,3,5-6,8-9,16-17H2,1-2H3/b7-4-. The van der Waals surface area contributed by atoms with Crippen LogP contribution in [0.4, 0.5) is 0 Å². The molecule has 0 saturated carbocycles. The summed E-state index contributed by atoms with van der Waals surface area (Å²) in [6.45, 7) is 4.44. The third-order valence-corrected chi connectivity index (χ3v) is 13.4. The van der Waals surface area contributed by atoms with Crippen molar-refractivity contribution in [3.63, 3.8) is 0 Å². The molecule has 6 aliphatic rings. The fraction of sp³-hybridized carbons (Fsp3) is 0.333. The minimum Gasteiger partial charge on any atom is -0.117 e. The monoisotopic (exact) mass is 568 g/mol. The van der Waals surface area contributed by atoms with Gasteiger partial charge < -0.3 is 0 Å². The molecule has 0 N–H and O–H groups in total. The van der Waals surface area contributed by atoms with Crippen LogP contribution in [0.1, 0.15) is 95.4 Å². The molecule has 204 valence electrons. The minimum atomic E-state index is 0.523. The predicted octanol–water partition coefficient (Wildman–Crippen LogP) is 8.90. The summed E-state index contributed by atoms with van der Waals surface area (Å²) < 4.78 is 0. The molecular weight excluding hydrogens is 533 g/mol. The number of hydrogen-bond donors (Lipinski definition) is 0. The molecule has 4 aliphatic carbocycles. The van der Waals surface area contributed by atoms with Crippen molar-refractivity contribution >= 4 is 50.6 Å². The summed E-state index contributed by atoms with van der Waals surface area (Å²) in [5, 5.41) is 4.51. The van der Waals surface area contributed by atoms with E-state index in [1.165, 1.54) is 70.6 Å². The van der Waals surface area contributed by atoms with Crippen LogP contribution in [0.15, 0.2) is 66.8 Å². The fourth-order valence-electron chi connectivity index (χ4n) is 8.49. The maximum Gasteiger partial charge on any atom is 0.0417 e. The minimum absolute atomic E-state index is 0.523. The highest BCUT2D eigenvalue weighted by molar-refractivity contribution is 8.09. The van der Waals surface area contributed by atoms with E-state index in [2.05, 4.69) is 110 Å². The molecule has 4 unspecified atom stereocenters. The highest BCUT2D eigenvalue weighted by atomic mass is 32.2. The summed E-state index contributed by atoms with van der Waals surface area (Å²) in [5.41, 5.74) is 15.5. The average Bonchev–Trinajstić information content (AvgIpc) is 3.76. The zero-order chi connectivity index (χ0) is 27.2. The second-order valence-corrected chi connectivity index (χ2v) is 15.2. The molecular formula is C39H36S2. The Bertz CT molecular complexity index is 1870. The molecule has 0 spiro atoms. The maximum absolute atomic E-state index is 2.63. The Balaban J connectivity index is 1.08. The van der Waals surface area contributed by atoms with Gasteiger partial charge in [-0.2, -0.15) is 0 Å². The van der Waals surface area contributed by atoms with Gasteiger partial charge in [0.25, 0.3) is 0 Å². The van der Waals surface area contributed by atoms with E-state index < -0.39 is 0 Å². The van der Waals surface area contributed by atoms with Gasteiger partial charge in [0.2, 0.25) is 0 Å². The summed E-state index contributed by atoms with van der Waals surface area (Å²) in [6, 6.07) is 19.4. The molecule has 3 aromatic rings. The first-order valence-corrected chi connectivity index (χ1v) is 17.5. The van der Waals surface area contributed by atoms with Crippen LogP contribution in [0.2, 0.25) is 0 Å². The Hall–Kier alpha value is -2.68. The molecule has 0 radical (unpaired) electrons. The van der Waals surface area contributed by atoms with Crippen molar-refractivity contribution in [2.24, 2.45) is 0 Å². The Morgan fingerprint density at radius 1 is 0.707 bits per heavy atom. The molecule has 9 rings (SSSR count). The van der Waals surface area contributed by atoms with E-state index in [4.69, 9.17) is 0 Å². The Labute approximate surface area is 252 Å². The van der Waals surface area contributed by atoms with Crippen molar-refractivity contribution in [3.05, 3.63) is 122 Å². The molecule has 0 saturated heterocycles. The van der Waals surface area contributed by atoms with Gasteiger partial charge in [0.15, 0.2) is 0 Å². The van der Waals surface area contributed by atoms with E-state index in [0.29, 0.717) is 22.3 Å². The first kappa shape index (κ1) is 24.9. The third-order valence-electron chi connectivity index (χ3n) is 10.5. The van der Waals surface area contributed by atoms with Gasteiger partial charge in [-0.15, -0.1) is 23.5 Å². The normalized spacial score (nSPS) is 26.7. The highest BCUT2D eigenvalue weighted by Crippen LogP contribution is 2.57. The first-order valence-electron chi connectivity index (χ1n) is 15.7. The van der Waals surface area contributed by atoms with E-state index in [1.54, 1.807) is 43.8 Å². The number of hydrogen-bond acceptors (Lipinski definition) is 2. The first-order chi connectivity index (χ1) is 20.2. The van der Waals surface area contributed by atoms with Crippen LogP contribution in [0.25, 0.3) is 27.0 Å². The highest BCUT2D eigenvalue weighted by Gasteiger charge is 2.45. The number of thioether (sulfide) groups is 2. The van der Waals surface area contributed by atoms with Crippen LogP contribution in [0.3, 0.4) is 0 Å². The van der Waals surface area contributed by atoms with Gasteiger partial charge in [-0.25, -0.2) is 0 Å². The number of benzene rings is 3. The van der Waals surface area contributed by atoms with Crippen LogP contribution in [-0.2, 0) is 12.8 Å². The van der Waals surface area contributed by atoms with Gasteiger partial charge >= 0.3 is 0 Å². The molecule has 41 heavy (non-hydrogen) atoms. The molecule has 2 heteroatoms. The van der Waals surface area contributed by atoms with Crippen molar-refractivity contribution in [2.75, 3.05) is 0 Å². The largest absolute Gasteiger partial charge is 0.117 e. The topological polar surface area (TPSA) is 0 Å². The van der Waals surface area contributed by atoms with Crippen LogP contribution >= 0.6 is 23.5 Å². The average molecular weight is 569 g/mol. The molecule has 0 nitrogen and oxygen atoms in total. The summed E-state index contributed by atoms with van der Waals surface area (Å²) in [4.78, 5) is 3.00. The Morgan fingerprint density at radius 3 is 1.98 bits per heavy atom. The van der Waals surface area contributed by atoms with Crippen molar-refractivity contribution in [1.29, 1.82) is 0 Å². The van der Waals surface area contributed by atoms with Crippen LogP contribution in [0, 0.1) is 6.92 Å². The van der Waals surface area contributed by atoms with Crippen LogP contribution < -0.4 is 10.4 Å². The lowest BCUT2D eigenvalue weighted by atomic mass is 9.90. The number of rotatable bonds is 4. The second kappa shape index (κ2) is 9.41. The molecule has 0 bridgehead atoms. The summed E-state index contributed by atoms with van der Waals surface area (Å²) in [5.74, 6) is 1.07. The van der Waals surface area contributed by atoms with Gasteiger partial charge in [0.1, 0.15) is 0 Å². The second-order valence-electron chi connectivity index (χ2n) is 12.8. The number of allylic oxidation sites excluding steroid dienone is 3. The fourth-order valence-corrected chi connectivity index (χ4v) is 11.5. The molecule has 2 heterocycles. The van der Waals surface area contributed by atoms with E-state index in [-0.39, 0.29) is 0 Å². The molecule has 0 fully saturated rings. The quantitative estimate of drug-likeness (QED) is 0.308. The van der Waals surface area contributed by atoms with Gasteiger partial charge in [-0.1, -0.05) is 73.7 Å². The van der Waals surface area contributed by atoms with E-state index >= 15 is 0 Å². The molecule has 0 aromatic heterocycles. The number of fused-ring (bicyclic) bond motifs is 7. The Morgan fingerprint density at radius 2 is 1.32 bits per heavy atom. The lowest BCUT2D eigenvalue weighted by molar-refractivity contribution is 0.685. The van der Waals surface area contributed by atoms with Crippen molar-refractivity contribution < 1.29 is 0 Å². The molecule has 3 aromatic carbocycles. The summed E-state index contributed by atoms with van der Waals surface area (Å²) in [7, 11) is 0. The van der Waals surface area contributed by atoms with Crippen LogP contribution in [-0.4, -0.2) is 10.5 Å². The van der Waals surface area contributed by atoms with Crippen LogP contribution in [0.5, 0.6) is 0 Å². The van der Waals surface area contributed by atoms with Crippen molar-refractivity contribution in [2.45, 2.75) is 81.1 Å². The van der Waals surface area contributed by atoms with E-state index in [9.17, 15) is 0 Å². The van der Waals surface area contributed by atoms with Crippen molar-refractivity contribution in [3.8, 4) is 0 Å². The smallest absolute Gasteiger partial charge is 0.0417 e. The summed E-state index contributed by atoms with van der Waals surface area (Å²) in [6.07, 6.45) is 18.6. The molecule has 0 amide bonds. The zero-order valence-corrected chi connectivity index (χ0v) is 25.6. The van der Waals surface area contributed by atoms with E-state index in [0.717, 1.165) is 6.42 Å². The number of aryl methyl sites for hydroxylation is 3. The van der Waals surface area contributed by atoms with Gasteiger partial charge in [-0.05, 0) is 124 Å². The van der Waals surface area contributed by atoms with Gasteiger partial charge in [-0.3, -0.25) is 0 Å². The molecule has 2 aliphatic heterocycles. The van der Waals surface area contributed by atoms with E-state index in [1.807, 2.05) is 0 Å². The Kier molecular flexibility index (Phi) is 5.71. The summed E-state index contributed by atoms with van der Waals surface area (Å²) >= 11 is 4.30. The lowest BCUT2D eigenvalue weighted by Gasteiger charge is -2.20. The lowest BCUT2D eigenvalue weighted by Crippen LogP contribution is -2.34.